The summed E-state index contributed by atoms with van der Waals surface area (Å²) in [5.41, 5.74) is 4.46. The minimum atomic E-state index is -0.0216. The zero-order valence-corrected chi connectivity index (χ0v) is 18.8. The van der Waals surface area contributed by atoms with Gasteiger partial charge in [0, 0.05) is 30.6 Å². The molecule has 1 aromatic rings. The number of hydrogen-bond acceptors (Lipinski definition) is 3. The van der Waals surface area contributed by atoms with E-state index in [0.29, 0.717) is 5.92 Å². The van der Waals surface area contributed by atoms with Crippen LogP contribution in [0.2, 0.25) is 5.02 Å². The molecule has 2 aliphatic carbocycles. The first kappa shape index (κ1) is 20.3. The van der Waals surface area contributed by atoms with Gasteiger partial charge in [-0.25, -0.2) is 0 Å². The molecular weight excluding hydrogens is 394 g/mol. The van der Waals surface area contributed by atoms with E-state index in [1.807, 2.05) is 12.1 Å². The SMILES string of the molecule is C[C@@H]1CCC[C@@]2(C)C[C@H]3OC(=O)[C@@H](CN4CC=C(c5ccc(Cl)cc5)CC4)[C@@H]3C=C12. The zero-order valence-electron chi connectivity index (χ0n) is 18.1. The van der Waals surface area contributed by atoms with Crippen molar-refractivity contribution in [3.05, 3.63) is 52.6 Å². The van der Waals surface area contributed by atoms with Crippen LogP contribution < -0.4 is 0 Å². The van der Waals surface area contributed by atoms with Crippen molar-refractivity contribution in [3.63, 3.8) is 0 Å². The predicted molar refractivity (Wildman–Crippen MR) is 121 cm³/mol. The van der Waals surface area contributed by atoms with Gasteiger partial charge in [-0.15, -0.1) is 0 Å². The number of rotatable bonds is 3. The highest BCUT2D eigenvalue weighted by atomic mass is 35.5. The first-order chi connectivity index (χ1) is 14.4. The van der Waals surface area contributed by atoms with Crippen LogP contribution in [0.3, 0.4) is 0 Å². The Labute approximate surface area is 185 Å². The normalized spacial score (nSPS) is 36.4. The molecule has 2 fully saturated rings. The number of halogens is 1. The highest BCUT2D eigenvalue weighted by Crippen LogP contribution is 2.54. The Balaban J connectivity index is 1.30. The Morgan fingerprint density at radius 2 is 2.07 bits per heavy atom. The Kier molecular flexibility index (Phi) is 5.31. The lowest BCUT2D eigenvalue weighted by Gasteiger charge is -2.46. The molecule has 0 bridgehead atoms. The molecule has 1 saturated heterocycles. The molecular formula is C26H32ClNO2. The Bertz CT molecular complexity index is 889. The second-order valence-corrected chi connectivity index (χ2v) is 10.5. The number of benzene rings is 1. The summed E-state index contributed by atoms with van der Waals surface area (Å²) in [4.78, 5) is 15.2. The number of hydrogen-bond donors (Lipinski definition) is 0. The van der Waals surface area contributed by atoms with E-state index in [1.54, 1.807) is 5.57 Å². The summed E-state index contributed by atoms with van der Waals surface area (Å²) < 4.78 is 5.93. The standard InChI is InChI=1S/C26H32ClNO2/c1-17-4-3-11-26(2)15-24-21(14-23(17)26)22(25(29)30-24)16-28-12-9-19(10-13-28)18-5-7-20(27)8-6-18/h5-9,14,17,21-22,24H,3-4,10-13,15-16H2,1-2H3/t17-,21+,22+,24-,26+/m1/s1. The number of nitrogens with zero attached hydrogens (tertiary/aromatic N) is 1. The van der Waals surface area contributed by atoms with Gasteiger partial charge in [-0.2, -0.15) is 0 Å². The van der Waals surface area contributed by atoms with Gasteiger partial charge in [-0.3, -0.25) is 9.69 Å². The van der Waals surface area contributed by atoms with Crippen LogP contribution in [0.4, 0.5) is 0 Å². The molecule has 0 amide bonds. The topological polar surface area (TPSA) is 29.5 Å². The van der Waals surface area contributed by atoms with Crippen LogP contribution in [0.1, 0.15) is 51.5 Å². The molecule has 1 aromatic carbocycles. The van der Waals surface area contributed by atoms with E-state index in [9.17, 15) is 4.79 Å². The molecule has 30 heavy (non-hydrogen) atoms. The van der Waals surface area contributed by atoms with Crippen LogP contribution in [0.5, 0.6) is 0 Å². The Morgan fingerprint density at radius 3 is 2.80 bits per heavy atom. The molecule has 0 radical (unpaired) electrons. The second-order valence-electron chi connectivity index (χ2n) is 10.1. The molecule has 2 aliphatic heterocycles. The Hall–Kier alpha value is -1.58. The quantitative estimate of drug-likeness (QED) is 0.456. The fourth-order valence-electron chi connectivity index (χ4n) is 6.34. The van der Waals surface area contributed by atoms with Crippen LogP contribution in [0.15, 0.2) is 42.0 Å². The first-order valence-corrected chi connectivity index (χ1v) is 11.9. The maximum atomic E-state index is 12.8. The molecule has 4 heteroatoms. The molecule has 0 unspecified atom stereocenters. The predicted octanol–water partition coefficient (Wildman–Crippen LogP) is 5.74. The van der Waals surface area contributed by atoms with Gasteiger partial charge in [-0.1, -0.05) is 61.7 Å². The van der Waals surface area contributed by atoms with Crippen molar-refractivity contribution >= 4 is 23.1 Å². The van der Waals surface area contributed by atoms with Crippen molar-refractivity contribution in [1.29, 1.82) is 0 Å². The number of allylic oxidation sites excluding steroid dienone is 1. The fourth-order valence-corrected chi connectivity index (χ4v) is 6.47. The van der Waals surface area contributed by atoms with E-state index in [4.69, 9.17) is 16.3 Å². The van der Waals surface area contributed by atoms with E-state index in [0.717, 1.165) is 37.5 Å². The molecule has 0 N–H and O–H groups in total. The summed E-state index contributed by atoms with van der Waals surface area (Å²) in [6.45, 7) is 7.44. The smallest absolute Gasteiger partial charge is 0.311 e. The van der Waals surface area contributed by atoms with Crippen LogP contribution in [-0.2, 0) is 9.53 Å². The van der Waals surface area contributed by atoms with E-state index in [1.165, 1.54) is 30.4 Å². The van der Waals surface area contributed by atoms with Crippen LogP contribution in [0.25, 0.3) is 5.57 Å². The molecule has 0 aromatic heterocycles. The van der Waals surface area contributed by atoms with Gasteiger partial charge < -0.3 is 4.74 Å². The Morgan fingerprint density at radius 1 is 1.27 bits per heavy atom. The van der Waals surface area contributed by atoms with Crippen molar-refractivity contribution in [2.75, 3.05) is 19.6 Å². The summed E-state index contributed by atoms with van der Waals surface area (Å²) in [6.07, 6.45) is 10.7. The fraction of sp³-hybridized carbons (Fsp3) is 0.577. The van der Waals surface area contributed by atoms with E-state index < -0.39 is 0 Å². The van der Waals surface area contributed by atoms with Crippen molar-refractivity contribution in [2.24, 2.45) is 23.2 Å². The third kappa shape index (κ3) is 3.65. The third-order valence-electron chi connectivity index (χ3n) is 8.04. The minimum absolute atomic E-state index is 0.0178. The van der Waals surface area contributed by atoms with E-state index in [-0.39, 0.29) is 29.3 Å². The number of ether oxygens (including phenoxy) is 1. The van der Waals surface area contributed by atoms with Crippen LogP contribution in [0, 0.1) is 23.2 Å². The maximum absolute atomic E-state index is 12.8. The van der Waals surface area contributed by atoms with Crippen molar-refractivity contribution in [1.82, 2.24) is 4.90 Å². The first-order valence-electron chi connectivity index (χ1n) is 11.5. The largest absolute Gasteiger partial charge is 0.461 e. The molecule has 3 nitrogen and oxygen atoms in total. The minimum Gasteiger partial charge on any atom is -0.461 e. The van der Waals surface area contributed by atoms with Crippen molar-refractivity contribution in [3.8, 4) is 0 Å². The maximum Gasteiger partial charge on any atom is 0.311 e. The summed E-state index contributed by atoms with van der Waals surface area (Å²) in [5.74, 6) is 0.888. The van der Waals surface area contributed by atoms with Crippen molar-refractivity contribution < 1.29 is 9.53 Å². The van der Waals surface area contributed by atoms with Crippen LogP contribution >= 0.6 is 11.6 Å². The third-order valence-corrected chi connectivity index (χ3v) is 8.30. The van der Waals surface area contributed by atoms with E-state index in [2.05, 4.69) is 43.0 Å². The molecule has 5 atom stereocenters. The second kappa shape index (κ2) is 7.84. The zero-order chi connectivity index (χ0) is 20.9. The number of esters is 1. The van der Waals surface area contributed by atoms with Gasteiger partial charge in [0.05, 0.1) is 5.92 Å². The summed E-state index contributed by atoms with van der Waals surface area (Å²) in [7, 11) is 0. The highest BCUT2D eigenvalue weighted by molar-refractivity contribution is 6.30. The number of carbonyl (C=O) groups is 1. The molecule has 0 spiro atoms. The summed E-state index contributed by atoms with van der Waals surface area (Å²) in [6, 6.07) is 8.10. The van der Waals surface area contributed by atoms with Gasteiger partial charge >= 0.3 is 5.97 Å². The monoisotopic (exact) mass is 425 g/mol. The molecule has 5 rings (SSSR count). The van der Waals surface area contributed by atoms with Gasteiger partial charge in [0.2, 0.25) is 0 Å². The molecule has 4 aliphatic rings. The molecule has 1 saturated carbocycles. The summed E-state index contributed by atoms with van der Waals surface area (Å²) >= 11 is 6.02. The van der Waals surface area contributed by atoms with E-state index >= 15 is 0 Å². The number of fused-ring (bicyclic) bond motifs is 2. The average Bonchev–Trinajstić information content (AvgIpc) is 3.01. The van der Waals surface area contributed by atoms with Crippen LogP contribution in [-0.4, -0.2) is 36.6 Å². The lowest BCUT2D eigenvalue weighted by atomic mass is 9.59. The van der Waals surface area contributed by atoms with Gasteiger partial charge in [0.1, 0.15) is 6.10 Å². The summed E-state index contributed by atoms with van der Waals surface area (Å²) in [5, 5.41) is 0.774. The van der Waals surface area contributed by atoms with Gasteiger partial charge in [-0.05, 0) is 60.3 Å². The van der Waals surface area contributed by atoms with Crippen molar-refractivity contribution in [2.45, 2.75) is 52.1 Å². The average molecular weight is 426 g/mol. The van der Waals surface area contributed by atoms with Gasteiger partial charge in [0.15, 0.2) is 0 Å². The molecule has 2 heterocycles. The molecule has 160 valence electrons. The number of carbonyl (C=O) groups excluding carboxylic acids is 1. The highest BCUT2D eigenvalue weighted by Gasteiger charge is 2.51. The van der Waals surface area contributed by atoms with Gasteiger partial charge in [0.25, 0.3) is 0 Å². The lowest BCUT2D eigenvalue weighted by molar-refractivity contribution is -0.145. The lowest BCUT2D eigenvalue weighted by Crippen LogP contribution is -2.41.